The molecule has 1 aliphatic heterocycles. The molecule has 2 aromatic rings. The number of methoxy groups -OCH3 is 2. The van der Waals surface area contributed by atoms with Crippen molar-refractivity contribution >= 4 is 24.0 Å². The number of hydrogen-bond acceptors (Lipinski definition) is 6. The molecule has 2 atom stereocenters. The zero-order chi connectivity index (χ0) is 25.9. The van der Waals surface area contributed by atoms with Gasteiger partial charge in [0.25, 0.3) is 0 Å². The number of piperazine rings is 1. The van der Waals surface area contributed by atoms with E-state index in [0.717, 1.165) is 11.1 Å². The molecule has 0 unspecified atom stereocenters. The summed E-state index contributed by atoms with van der Waals surface area (Å²) in [5.74, 6) is -1.06. The topological polar surface area (TPSA) is 117 Å². The number of nitrogens with one attached hydrogen (secondary N) is 2. The standard InChI is InChI=1S/C26H32N4O6/c1-35-23(31)21(17-19-9-5-3-6-10-19)27-25(33)29-13-15-30(16-14-29)26(34)28-22(24(32)36-2)18-20-11-7-4-8-12-20/h3-12,21-22H,13-18H2,1-2H3,(H,27,33)(H,28,34)/t21-,22-/m1/s1. The first-order valence-corrected chi connectivity index (χ1v) is 11.8. The van der Waals surface area contributed by atoms with E-state index in [4.69, 9.17) is 9.47 Å². The summed E-state index contributed by atoms with van der Waals surface area (Å²) in [7, 11) is 2.56. The van der Waals surface area contributed by atoms with Crippen molar-refractivity contribution in [2.24, 2.45) is 0 Å². The molecule has 0 aromatic heterocycles. The number of ether oxygens (including phenoxy) is 2. The van der Waals surface area contributed by atoms with Crippen molar-refractivity contribution in [2.75, 3.05) is 40.4 Å². The zero-order valence-electron chi connectivity index (χ0n) is 20.5. The van der Waals surface area contributed by atoms with Crippen LogP contribution in [0, 0.1) is 0 Å². The van der Waals surface area contributed by atoms with Crippen molar-refractivity contribution in [3.8, 4) is 0 Å². The average Bonchev–Trinajstić information content (AvgIpc) is 2.92. The summed E-state index contributed by atoms with van der Waals surface area (Å²) in [5.41, 5.74) is 1.79. The molecule has 1 aliphatic rings. The van der Waals surface area contributed by atoms with Crippen LogP contribution in [0.4, 0.5) is 9.59 Å². The second-order valence-electron chi connectivity index (χ2n) is 8.40. The summed E-state index contributed by atoms with van der Waals surface area (Å²) in [6.07, 6.45) is 0.607. The van der Waals surface area contributed by atoms with Gasteiger partial charge in [-0.1, -0.05) is 60.7 Å². The van der Waals surface area contributed by atoms with Crippen LogP contribution in [-0.2, 0) is 31.9 Å². The van der Waals surface area contributed by atoms with Gasteiger partial charge in [-0.05, 0) is 11.1 Å². The van der Waals surface area contributed by atoms with E-state index in [1.165, 1.54) is 14.2 Å². The molecule has 1 heterocycles. The Morgan fingerprint density at radius 2 is 1.00 bits per heavy atom. The van der Waals surface area contributed by atoms with Crippen LogP contribution in [0.2, 0.25) is 0 Å². The van der Waals surface area contributed by atoms with Crippen LogP contribution in [0.1, 0.15) is 11.1 Å². The molecule has 4 amide bonds. The van der Waals surface area contributed by atoms with E-state index in [1.54, 1.807) is 9.80 Å². The van der Waals surface area contributed by atoms with Crippen LogP contribution >= 0.6 is 0 Å². The Morgan fingerprint density at radius 1 is 0.667 bits per heavy atom. The Labute approximate surface area is 210 Å². The number of carbonyl (C=O) groups excluding carboxylic acids is 4. The summed E-state index contributed by atoms with van der Waals surface area (Å²) in [4.78, 5) is 53.2. The monoisotopic (exact) mass is 496 g/mol. The molecule has 0 saturated carbocycles. The molecule has 2 N–H and O–H groups in total. The highest BCUT2D eigenvalue weighted by Crippen LogP contribution is 2.09. The molecule has 2 aromatic carbocycles. The molecule has 0 bridgehead atoms. The van der Waals surface area contributed by atoms with Gasteiger partial charge in [-0.25, -0.2) is 19.2 Å². The van der Waals surface area contributed by atoms with E-state index < -0.39 is 36.1 Å². The molecule has 10 nitrogen and oxygen atoms in total. The molecular weight excluding hydrogens is 464 g/mol. The predicted octanol–water partition coefficient (Wildman–Crippen LogP) is 1.59. The number of benzene rings is 2. The van der Waals surface area contributed by atoms with E-state index in [1.807, 2.05) is 60.7 Å². The molecule has 0 aliphatic carbocycles. The van der Waals surface area contributed by atoms with Gasteiger partial charge in [0.2, 0.25) is 0 Å². The minimum absolute atomic E-state index is 0.278. The third kappa shape index (κ3) is 7.46. The van der Waals surface area contributed by atoms with Crippen LogP contribution in [0.3, 0.4) is 0 Å². The van der Waals surface area contributed by atoms with Crippen LogP contribution in [0.25, 0.3) is 0 Å². The molecule has 3 rings (SSSR count). The highest BCUT2D eigenvalue weighted by Gasteiger charge is 2.30. The lowest BCUT2D eigenvalue weighted by molar-refractivity contribution is -0.143. The second-order valence-corrected chi connectivity index (χ2v) is 8.40. The number of rotatable bonds is 8. The Hall–Kier alpha value is -4.08. The fourth-order valence-corrected chi connectivity index (χ4v) is 3.96. The van der Waals surface area contributed by atoms with Gasteiger partial charge in [0, 0.05) is 39.0 Å². The number of amides is 4. The Balaban J connectivity index is 1.53. The number of esters is 2. The number of carbonyl (C=O) groups is 4. The first-order valence-electron chi connectivity index (χ1n) is 11.8. The molecule has 0 radical (unpaired) electrons. The number of urea groups is 2. The van der Waals surface area contributed by atoms with E-state index in [-0.39, 0.29) is 26.2 Å². The minimum Gasteiger partial charge on any atom is -0.467 e. The SMILES string of the molecule is COC(=O)[C@@H](Cc1ccccc1)NC(=O)N1CCN(C(=O)N[C@H](Cc2ccccc2)C(=O)OC)CC1. The van der Waals surface area contributed by atoms with Gasteiger partial charge in [0.05, 0.1) is 14.2 Å². The van der Waals surface area contributed by atoms with Crippen molar-refractivity contribution in [1.82, 2.24) is 20.4 Å². The highest BCUT2D eigenvalue weighted by molar-refractivity contribution is 5.85. The third-order valence-electron chi connectivity index (χ3n) is 5.99. The molecule has 1 saturated heterocycles. The molecule has 36 heavy (non-hydrogen) atoms. The van der Waals surface area contributed by atoms with Gasteiger partial charge in [-0.3, -0.25) is 0 Å². The van der Waals surface area contributed by atoms with Crippen molar-refractivity contribution in [1.29, 1.82) is 0 Å². The van der Waals surface area contributed by atoms with Gasteiger partial charge >= 0.3 is 24.0 Å². The quantitative estimate of drug-likeness (QED) is 0.536. The van der Waals surface area contributed by atoms with Gasteiger partial charge in [0.15, 0.2) is 0 Å². The van der Waals surface area contributed by atoms with E-state index in [0.29, 0.717) is 12.8 Å². The Morgan fingerprint density at radius 3 is 1.31 bits per heavy atom. The smallest absolute Gasteiger partial charge is 0.328 e. The van der Waals surface area contributed by atoms with Crippen molar-refractivity contribution < 1.29 is 28.7 Å². The largest absolute Gasteiger partial charge is 0.467 e. The molecule has 0 spiro atoms. The molecular formula is C26H32N4O6. The summed E-state index contributed by atoms with van der Waals surface area (Å²) < 4.78 is 9.72. The highest BCUT2D eigenvalue weighted by atomic mass is 16.5. The maximum absolute atomic E-state index is 12.8. The zero-order valence-corrected chi connectivity index (χ0v) is 20.5. The fraction of sp³-hybridized carbons (Fsp3) is 0.385. The third-order valence-corrected chi connectivity index (χ3v) is 5.99. The first kappa shape index (κ1) is 26.5. The normalized spacial score (nSPS) is 14.8. The van der Waals surface area contributed by atoms with Crippen LogP contribution < -0.4 is 10.6 Å². The second kappa shape index (κ2) is 13.1. The fourth-order valence-electron chi connectivity index (χ4n) is 3.96. The number of nitrogens with zero attached hydrogens (tertiary/aromatic N) is 2. The Kier molecular flexibility index (Phi) is 9.67. The van der Waals surface area contributed by atoms with Gasteiger partial charge < -0.3 is 29.9 Å². The van der Waals surface area contributed by atoms with Crippen LogP contribution in [0.5, 0.6) is 0 Å². The minimum atomic E-state index is -0.829. The summed E-state index contributed by atoms with van der Waals surface area (Å²) in [6, 6.07) is 16.2. The average molecular weight is 497 g/mol. The predicted molar refractivity (Wildman–Crippen MR) is 132 cm³/mol. The maximum Gasteiger partial charge on any atom is 0.328 e. The first-order chi connectivity index (χ1) is 17.4. The van der Waals surface area contributed by atoms with Crippen LogP contribution in [-0.4, -0.2) is 86.3 Å². The summed E-state index contributed by atoms with van der Waals surface area (Å²) in [6.45, 7) is 1.11. The Bertz CT molecular complexity index is 942. The lowest BCUT2D eigenvalue weighted by Gasteiger charge is -2.35. The molecule has 1 fully saturated rings. The number of hydrogen-bond donors (Lipinski definition) is 2. The lowest BCUT2D eigenvalue weighted by atomic mass is 10.1. The lowest BCUT2D eigenvalue weighted by Crippen LogP contribution is -2.58. The van der Waals surface area contributed by atoms with E-state index in [9.17, 15) is 19.2 Å². The van der Waals surface area contributed by atoms with Crippen molar-refractivity contribution in [2.45, 2.75) is 24.9 Å². The van der Waals surface area contributed by atoms with Gasteiger partial charge in [-0.15, -0.1) is 0 Å². The van der Waals surface area contributed by atoms with Gasteiger partial charge in [-0.2, -0.15) is 0 Å². The van der Waals surface area contributed by atoms with Crippen molar-refractivity contribution in [3.63, 3.8) is 0 Å². The van der Waals surface area contributed by atoms with Crippen LogP contribution in [0.15, 0.2) is 60.7 Å². The molecule has 10 heteroatoms. The van der Waals surface area contributed by atoms with E-state index in [2.05, 4.69) is 10.6 Å². The maximum atomic E-state index is 12.8. The summed E-state index contributed by atoms with van der Waals surface area (Å²) >= 11 is 0. The van der Waals surface area contributed by atoms with Crippen molar-refractivity contribution in [3.05, 3.63) is 71.8 Å². The molecule has 192 valence electrons. The summed E-state index contributed by atoms with van der Waals surface area (Å²) in [5, 5.41) is 5.49. The van der Waals surface area contributed by atoms with Gasteiger partial charge in [0.1, 0.15) is 12.1 Å². The van der Waals surface area contributed by atoms with E-state index >= 15 is 0 Å².